The molecular formula is C16H12N2O2. The fourth-order valence-corrected chi connectivity index (χ4v) is 1.89. The quantitative estimate of drug-likeness (QED) is 0.790. The van der Waals surface area contributed by atoms with E-state index >= 15 is 0 Å². The Bertz CT molecular complexity index is 766. The van der Waals surface area contributed by atoms with Crippen molar-refractivity contribution in [1.82, 2.24) is 9.97 Å². The summed E-state index contributed by atoms with van der Waals surface area (Å²) < 4.78 is 5.74. The van der Waals surface area contributed by atoms with Crippen LogP contribution < -0.4 is 10.3 Å². The number of benzene rings is 2. The monoisotopic (exact) mass is 264 g/mol. The molecule has 98 valence electrons. The Hall–Kier alpha value is -2.88. The second-order valence-corrected chi connectivity index (χ2v) is 4.21. The summed E-state index contributed by atoms with van der Waals surface area (Å²) in [5.74, 6) is 1.42. The fourth-order valence-electron chi connectivity index (χ4n) is 1.89. The molecule has 3 rings (SSSR count). The van der Waals surface area contributed by atoms with Crippen molar-refractivity contribution in [2.75, 3.05) is 0 Å². The van der Waals surface area contributed by atoms with Crippen LogP contribution in [0.15, 0.2) is 71.8 Å². The standard InChI is InChI=1S/C16H12N2O2/c19-16-15(17-9-10-18-16)12-5-4-8-14(11-12)20-13-6-2-1-3-7-13/h1-11H,(H,18,19). The van der Waals surface area contributed by atoms with Crippen LogP contribution in [0, 0.1) is 0 Å². The number of H-pyrrole nitrogens is 1. The fraction of sp³-hybridized carbons (Fsp3) is 0. The van der Waals surface area contributed by atoms with Crippen molar-refractivity contribution >= 4 is 0 Å². The van der Waals surface area contributed by atoms with Gasteiger partial charge in [-0.2, -0.15) is 0 Å². The molecule has 0 radical (unpaired) electrons. The predicted molar refractivity (Wildman–Crippen MR) is 76.8 cm³/mol. The molecule has 0 spiro atoms. The van der Waals surface area contributed by atoms with Crippen LogP contribution in [0.4, 0.5) is 0 Å². The zero-order valence-electron chi connectivity index (χ0n) is 10.6. The average Bonchev–Trinajstić information content (AvgIpc) is 2.49. The molecule has 0 atom stereocenters. The highest BCUT2D eigenvalue weighted by atomic mass is 16.5. The van der Waals surface area contributed by atoms with E-state index in [2.05, 4.69) is 9.97 Å². The summed E-state index contributed by atoms with van der Waals surface area (Å²) >= 11 is 0. The molecular weight excluding hydrogens is 252 g/mol. The lowest BCUT2D eigenvalue weighted by atomic mass is 10.1. The van der Waals surface area contributed by atoms with Gasteiger partial charge in [-0.25, -0.2) is 4.98 Å². The highest BCUT2D eigenvalue weighted by molar-refractivity contribution is 5.60. The van der Waals surface area contributed by atoms with Crippen LogP contribution in [-0.2, 0) is 0 Å². The molecule has 0 aliphatic heterocycles. The minimum Gasteiger partial charge on any atom is -0.457 e. The lowest BCUT2D eigenvalue weighted by Gasteiger charge is -2.06. The highest BCUT2D eigenvalue weighted by Crippen LogP contribution is 2.24. The van der Waals surface area contributed by atoms with Gasteiger partial charge in [-0.1, -0.05) is 30.3 Å². The first-order valence-corrected chi connectivity index (χ1v) is 6.20. The van der Waals surface area contributed by atoms with Crippen molar-refractivity contribution in [3.63, 3.8) is 0 Å². The van der Waals surface area contributed by atoms with E-state index in [4.69, 9.17) is 4.74 Å². The van der Waals surface area contributed by atoms with Gasteiger partial charge in [0.05, 0.1) is 0 Å². The Labute approximate surface area is 115 Å². The molecule has 20 heavy (non-hydrogen) atoms. The lowest BCUT2D eigenvalue weighted by Crippen LogP contribution is -2.09. The Morgan fingerprint density at radius 1 is 0.950 bits per heavy atom. The van der Waals surface area contributed by atoms with Gasteiger partial charge in [-0.05, 0) is 24.3 Å². The Morgan fingerprint density at radius 2 is 1.75 bits per heavy atom. The molecule has 0 fully saturated rings. The molecule has 0 unspecified atom stereocenters. The topological polar surface area (TPSA) is 55.0 Å². The molecule has 0 saturated heterocycles. The Balaban J connectivity index is 1.95. The smallest absolute Gasteiger partial charge is 0.274 e. The summed E-state index contributed by atoms with van der Waals surface area (Å²) in [6.07, 6.45) is 3.07. The number of aromatic amines is 1. The largest absolute Gasteiger partial charge is 0.457 e. The summed E-state index contributed by atoms with van der Waals surface area (Å²) in [6.45, 7) is 0. The van der Waals surface area contributed by atoms with Gasteiger partial charge in [0.25, 0.3) is 5.56 Å². The molecule has 2 aromatic carbocycles. The van der Waals surface area contributed by atoms with Crippen LogP contribution in [0.25, 0.3) is 11.3 Å². The maximum absolute atomic E-state index is 11.7. The van der Waals surface area contributed by atoms with E-state index in [9.17, 15) is 4.79 Å². The van der Waals surface area contributed by atoms with Crippen LogP contribution in [0.2, 0.25) is 0 Å². The van der Waals surface area contributed by atoms with E-state index in [-0.39, 0.29) is 5.56 Å². The second kappa shape index (κ2) is 5.40. The zero-order valence-corrected chi connectivity index (χ0v) is 10.6. The lowest BCUT2D eigenvalue weighted by molar-refractivity contribution is 0.483. The minimum atomic E-state index is -0.218. The second-order valence-electron chi connectivity index (χ2n) is 4.21. The number of hydrogen-bond donors (Lipinski definition) is 1. The molecule has 1 aromatic heterocycles. The molecule has 4 nitrogen and oxygen atoms in total. The first-order valence-electron chi connectivity index (χ1n) is 6.20. The maximum atomic E-state index is 11.7. The van der Waals surface area contributed by atoms with Crippen LogP contribution in [0.1, 0.15) is 0 Å². The number of nitrogens with zero attached hydrogens (tertiary/aromatic N) is 1. The van der Waals surface area contributed by atoms with Crippen molar-refractivity contribution < 1.29 is 4.74 Å². The number of rotatable bonds is 3. The summed E-state index contributed by atoms with van der Waals surface area (Å²) in [4.78, 5) is 18.4. The van der Waals surface area contributed by atoms with Crippen molar-refractivity contribution in [3.8, 4) is 22.8 Å². The van der Waals surface area contributed by atoms with Crippen LogP contribution in [-0.4, -0.2) is 9.97 Å². The highest BCUT2D eigenvalue weighted by Gasteiger charge is 2.05. The van der Waals surface area contributed by atoms with Gasteiger partial charge in [-0.3, -0.25) is 4.79 Å². The number of ether oxygens (including phenoxy) is 1. The van der Waals surface area contributed by atoms with Crippen molar-refractivity contribution in [3.05, 3.63) is 77.3 Å². The van der Waals surface area contributed by atoms with Crippen molar-refractivity contribution in [1.29, 1.82) is 0 Å². The van der Waals surface area contributed by atoms with Crippen molar-refractivity contribution in [2.24, 2.45) is 0 Å². The maximum Gasteiger partial charge on any atom is 0.274 e. The first-order chi connectivity index (χ1) is 9.83. The summed E-state index contributed by atoms with van der Waals surface area (Å²) in [6, 6.07) is 16.8. The van der Waals surface area contributed by atoms with Gasteiger partial charge in [0.15, 0.2) is 0 Å². The van der Waals surface area contributed by atoms with Gasteiger partial charge in [0, 0.05) is 18.0 Å². The molecule has 0 bridgehead atoms. The third-order valence-corrected chi connectivity index (χ3v) is 2.79. The normalized spacial score (nSPS) is 10.2. The molecule has 0 amide bonds. The number of hydrogen-bond acceptors (Lipinski definition) is 3. The van der Waals surface area contributed by atoms with Crippen LogP contribution in [0.5, 0.6) is 11.5 Å². The third-order valence-electron chi connectivity index (χ3n) is 2.79. The SMILES string of the molecule is O=c1[nH]ccnc1-c1cccc(Oc2ccccc2)c1. The third kappa shape index (κ3) is 2.59. The molecule has 0 saturated carbocycles. The average molecular weight is 264 g/mol. The van der Waals surface area contributed by atoms with E-state index in [1.165, 1.54) is 6.20 Å². The Morgan fingerprint density at radius 3 is 2.55 bits per heavy atom. The zero-order chi connectivity index (χ0) is 13.8. The molecule has 4 heteroatoms. The van der Waals surface area contributed by atoms with Crippen LogP contribution in [0.3, 0.4) is 0 Å². The molecule has 1 heterocycles. The van der Waals surface area contributed by atoms with Gasteiger partial charge in [-0.15, -0.1) is 0 Å². The molecule has 3 aromatic rings. The van der Waals surface area contributed by atoms with Gasteiger partial charge < -0.3 is 9.72 Å². The van der Waals surface area contributed by atoms with Gasteiger partial charge >= 0.3 is 0 Å². The molecule has 0 aliphatic rings. The number of para-hydroxylation sites is 1. The van der Waals surface area contributed by atoms with E-state index in [1.54, 1.807) is 12.3 Å². The molecule has 0 aliphatic carbocycles. The van der Waals surface area contributed by atoms with Crippen LogP contribution >= 0.6 is 0 Å². The summed E-state index contributed by atoms with van der Waals surface area (Å²) in [7, 11) is 0. The van der Waals surface area contributed by atoms with Gasteiger partial charge in [0.2, 0.25) is 0 Å². The van der Waals surface area contributed by atoms with E-state index < -0.39 is 0 Å². The summed E-state index contributed by atoms with van der Waals surface area (Å²) in [5.41, 5.74) is 0.885. The van der Waals surface area contributed by atoms with Gasteiger partial charge in [0.1, 0.15) is 17.2 Å². The Kier molecular flexibility index (Phi) is 3.29. The van der Waals surface area contributed by atoms with E-state index in [0.717, 1.165) is 11.3 Å². The predicted octanol–water partition coefficient (Wildman–Crippen LogP) is 3.23. The van der Waals surface area contributed by atoms with E-state index in [0.29, 0.717) is 11.4 Å². The first kappa shape index (κ1) is 12.2. The van der Waals surface area contributed by atoms with Crippen molar-refractivity contribution in [2.45, 2.75) is 0 Å². The number of aromatic nitrogens is 2. The summed E-state index contributed by atoms with van der Waals surface area (Å²) in [5, 5.41) is 0. The minimum absolute atomic E-state index is 0.218. The molecule has 1 N–H and O–H groups in total. The van der Waals surface area contributed by atoms with E-state index in [1.807, 2.05) is 48.5 Å². The number of nitrogens with one attached hydrogen (secondary N) is 1.